The summed E-state index contributed by atoms with van der Waals surface area (Å²) in [5.41, 5.74) is 0.686. The van der Waals surface area contributed by atoms with E-state index in [4.69, 9.17) is 9.47 Å². The number of nitrogens with zero attached hydrogens (tertiary/aromatic N) is 1. The molecular weight excluding hydrogens is 473 g/mol. The molecule has 2 rings (SSSR count). The van der Waals surface area contributed by atoms with Crippen LogP contribution in [0.4, 0.5) is 4.79 Å². The molecule has 0 radical (unpaired) electrons. The van der Waals surface area contributed by atoms with Gasteiger partial charge in [-0.1, -0.05) is 0 Å². The van der Waals surface area contributed by atoms with Crippen molar-refractivity contribution in [2.24, 2.45) is 0 Å². The highest BCUT2D eigenvalue weighted by atomic mass is 127. The summed E-state index contributed by atoms with van der Waals surface area (Å²) < 4.78 is 16.3. The number of esters is 1. The smallest absolute Gasteiger partial charge is 0.328 e. The van der Waals surface area contributed by atoms with E-state index in [1.165, 1.54) is 21.1 Å². The standard InChI is InChI=1S/C17H18INO6S/c1-5-25-14-11(18)6-10(7-12(14)23-3)8-13-15(20)19(17(22)26-13)9(2)16(21)24-4/h6-9H,5H2,1-4H3/b13-8-/t9-/m1/s1. The van der Waals surface area contributed by atoms with Gasteiger partial charge in [0.25, 0.3) is 11.1 Å². The van der Waals surface area contributed by atoms with Crippen LogP contribution in [-0.4, -0.2) is 48.9 Å². The molecule has 9 heteroatoms. The Balaban J connectivity index is 2.36. The minimum atomic E-state index is -0.978. The molecule has 0 spiro atoms. The first-order valence-electron chi connectivity index (χ1n) is 7.69. The fraction of sp³-hybridized carbons (Fsp3) is 0.353. The first kappa shape index (κ1) is 20.6. The molecule has 1 saturated heterocycles. The van der Waals surface area contributed by atoms with Gasteiger partial charge in [-0.15, -0.1) is 0 Å². The predicted molar refractivity (Wildman–Crippen MR) is 106 cm³/mol. The monoisotopic (exact) mass is 491 g/mol. The van der Waals surface area contributed by atoms with Gasteiger partial charge in [-0.05, 0) is 72.0 Å². The van der Waals surface area contributed by atoms with Crippen LogP contribution in [0.3, 0.4) is 0 Å². The van der Waals surface area contributed by atoms with Gasteiger partial charge in [-0.25, -0.2) is 4.79 Å². The molecule has 7 nitrogen and oxygen atoms in total. The lowest BCUT2D eigenvalue weighted by Crippen LogP contribution is -2.42. The Kier molecular flexibility index (Phi) is 6.93. The summed E-state index contributed by atoms with van der Waals surface area (Å²) in [7, 11) is 2.74. The Morgan fingerprint density at radius 3 is 2.62 bits per heavy atom. The first-order valence-corrected chi connectivity index (χ1v) is 9.58. The lowest BCUT2D eigenvalue weighted by molar-refractivity contribution is -0.148. The number of amides is 2. The van der Waals surface area contributed by atoms with E-state index in [2.05, 4.69) is 27.3 Å². The maximum atomic E-state index is 12.5. The number of halogens is 1. The van der Waals surface area contributed by atoms with E-state index in [0.717, 1.165) is 20.2 Å². The van der Waals surface area contributed by atoms with Crippen LogP contribution in [0, 0.1) is 3.57 Å². The topological polar surface area (TPSA) is 82.1 Å². The summed E-state index contributed by atoms with van der Waals surface area (Å²) in [6.45, 7) is 3.83. The molecule has 1 atom stereocenters. The largest absolute Gasteiger partial charge is 0.493 e. The Labute approximate surface area is 169 Å². The molecule has 140 valence electrons. The minimum Gasteiger partial charge on any atom is -0.493 e. The van der Waals surface area contributed by atoms with Crippen molar-refractivity contribution in [3.8, 4) is 11.5 Å². The third kappa shape index (κ3) is 4.14. The molecule has 0 aromatic heterocycles. The van der Waals surface area contributed by atoms with Crippen LogP contribution in [0.2, 0.25) is 0 Å². The number of carbonyl (C=O) groups excluding carboxylic acids is 3. The molecule has 0 aliphatic carbocycles. The molecule has 2 amide bonds. The molecule has 1 aromatic carbocycles. The van der Waals surface area contributed by atoms with Gasteiger partial charge in [0.2, 0.25) is 0 Å². The van der Waals surface area contributed by atoms with Crippen LogP contribution in [0.5, 0.6) is 11.5 Å². The third-order valence-corrected chi connectivity index (χ3v) is 5.28. The van der Waals surface area contributed by atoms with Crippen molar-refractivity contribution in [3.63, 3.8) is 0 Å². The second kappa shape index (κ2) is 8.76. The van der Waals surface area contributed by atoms with Gasteiger partial charge in [0, 0.05) is 0 Å². The maximum Gasteiger partial charge on any atom is 0.328 e. The molecule has 0 saturated carbocycles. The third-order valence-electron chi connectivity index (χ3n) is 3.59. The zero-order chi connectivity index (χ0) is 19.4. The van der Waals surface area contributed by atoms with Crippen LogP contribution < -0.4 is 9.47 Å². The van der Waals surface area contributed by atoms with Crippen LogP contribution in [-0.2, 0) is 14.3 Å². The van der Waals surface area contributed by atoms with Crippen molar-refractivity contribution in [1.82, 2.24) is 4.90 Å². The van der Waals surface area contributed by atoms with Gasteiger partial charge in [-0.2, -0.15) is 0 Å². The lowest BCUT2D eigenvalue weighted by Gasteiger charge is -2.18. The van der Waals surface area contributed by atoms with Crippen molar-refractivity contribution in [1.29, 1.82) is 0 Å². The SMILES string of the molecule is CCOc1c(I)cc(/C=C2\SC(=O)N([C@H](C)C(=O)OC)C2=O)cc1OC. The van der Waals surface area contributed by atoms with Gasteiger partial charge >= 0.3 is 5.97 Å². The van der Waals surface area contributed by atoms with E-state index in [0.29, 0.717) is 23.7 Å². The van der Waals surface area contributed by atoms with Crippen LogP contribution in [0.15, 0.2) is 17.0 Å². The quantitative estimate of drug-likeness (QED) is 0.343. The Hall–Kier alpha value is -1.75. The number of carbonyl (C=O) groups is 3. The van der Waals surface area contributed by atoms with Crippen molar-refractivity contribution < 1.29 is 28.6 Å². The minimum absolute atomic E-state index is 0.229. The van der Waals surface area contributed by atoms with Crippen molar-refractivity contribution in [3.05, 3.63) is 26.2 Å². The van der Waals surface area contributed by atoms with Gasteiger partial charge in [0.1, 0.15) is 6.04 Å². The highest BCUT2D eigenvalue weighted by Crippen LogP contribution is 2.37. The van der Waals surface area contributed by atoms with Gasteiger partial charge in [-0.3, -0.25) is 14.5 Å². The predicted octanol–water partition coefficient (Wildman–Crippen LogP) is 3.30. The zero-order valence-electron chi connectivity index (χ0n) is 14.7. The fourth-order valence-electron chi connectivity index (χ4n) is 2.35. The van der Waals surface area contributed by atoms with E-state index in [1.807, 2.05) is 13.0 Å². The number of hydrogen-bond donors (Lipinski definition) is 0. The summed E-state index contributed by atoms with van der Waals surface area (Å²) >= 11 is 2.90. The molecule has 0 N–H and O–H groups in total. The van der Waals surface area contributed by atoms with E-state index in [-0.39, 0.29) is 4.91 Å². The molecule has 1 aromatic rings. The molecular formula is C17H18INO6S. The average Bonchev–Trinajstić information content (AvgIpc) is 2.89. The van der Waals surface area contributed by atoms with Gasteiger partial charge in [0.15, 0.2) is 11.5 Å². The van der Waals surface area contributed by atoms with Gasteiger partial charge < -0.3 is 14.2 Å². The molecule has 1 aliphatic rings. The fourth-order valence-corrected chi connectivity index (χ4v) is 4.04. The van der Waals surface area contributed by atoms with Crippen LogP contribution in [0.25, 0.3) is 6.08 Å². The Morgan fingerprint density at radius 2 is 2.04 bits per heavy atom. The number of thioether (sulfide) groups is 1. The Morgan fingerprint density at radius 1 is 1.35 bits per heavy atom. The summed E-state index contributed by atoms with van der Waals surface area (Å²) in [6, 6.07) is 2.57. The second-order valence-corrected chi connectivity index (χ2v) is 7.37. The molecule has 0 bridgehead atoms. The summed E-state index contributed by atoms with van der Waals surface area (Å²) in [6.07, 6.45) is 1.59. The van der Waals surface area contributed by atoms with E-state index < -0.39 is 23.2 Å². The van der Waals surface area contributed by atoms with Crippen molar-refractivity contribution >= 4 is 57.5 Å². The van der Waals surface area contributed by atoms with Crippen LogP contribution in [0.1, 0.15) is 19.4 Å². The van der Waals surface area contributed by atoms with Crippen molar-refractivity contribution in [2.75, 3.05) is 20.8 Å². The molecule has 26 heavy (non-hydrogen) atoms. The number of methoxy groups -OCH3 is 2. The van der Waals surface area contributed by atoms with Gasteiger partial charge in [0.05, 0.1) is 29.3 Å². The molecule has 1 aliphatic heterocycles. The van der Waals surface area contributed by atoms with E-state index in [1.54, 1.807) is 12.1 Å². The molecule has 1 heterocycles. The highest BCUT2D eigenvalue weighted by molar-refractivity contribution is 14.1. The first-order chi connectivity index (χ1) is 12.3. The second-order valence-electron chi connectivity index (χ2n) is 5.22. The molecule has 0 unspecified atom stereocenters. The summed E-state index contributed by atoms with van der Waals surface area (Å²) in [5.74, 6) is -0.0149. The van der Waals surface area contributed by atoms with E-state index in [9.17, 15) is 14.4 Å². The van der Waals surface area contributed by atoms with Crippen LogP contribution >= 0.6 is 34.4 Å². The van der Waals surface area contributed by atoms with E-state index >= 15 is 0 Å². The molecule has 1 fully saturated rings. The lowest BCUT2D eigenvalue weighted by atomic mass is 10.1. The normalized spacial score (nSPS) is 16.8. The average molecular weight is 491 g/mol. The maximum absolute atomic E-state index is 12.5. The number of hydrogen-bond acceptors (Lipinski definition) is 7. The highest BCUT2D eigenvalue weighted by Gasteiger charge is 2.41. The number of rotatable bonds is 6. The van der Waals surface area contributed by atoms with Crippen molar-refractivity contribution in [2.45, 2.75) is 19.9 Å². The summed E-state index contributed by atoms with van der Waals surface area (Å²) in [5, 5.41) is -0.508. The zero-order valence-corrected chi connectivity index (χ0v) is 17.7. The Bertz CT molecular complexity index is 779. The number of ether oxygens (including phenoxy) is 3. The number of benzene rings is 1. The summed E-state index contributed by atoms with van der Waals surface area (Å²) in [4.78, 5) is 37.5. The number of imide groups is 1.